The molecule has 0 saturated carbocycles. The molecule has 4 rings (SSSR count). The van der Waals surface area contributed by atoms with Gasteiger partial charge in [0.05, 0.1) is 18.0 Å². The zero-order valence-electron chi connectivity index (χ0n) is 18.3. The van der Waals surface area contributed by atoms with Crippen LogP contribution in [0.15, 0.2) is 77.6 Å². The van der Waals surface area contributed by atoms with Crippen LogP contribution in [0.3, 0.4) is 0 Å². The van der Waals surface area contributed by atoms with Crippen LogP contribution in [0.25, 0.3) is 15.9 Å². The lowest BCUT2D eigenvalue weighted by molar-refractivity contribution is 0.0533. The molecule has 2 N–H and O–H groups in total. The minimum absolute atomic E-state index is 0.189. The molecule has 0 unspecified atom stereocenters. The molecule has 11 heteroatoms. The molecule has 0 bridgehead atoms. The maximum absolute atomic E-state index is 12.7. The summed E-state index contributed by atoms with van der Waals surface area (Å²) in [5, 5.41) is 6.07. The van der Waals surface area contributed by atoms with Gasteiger partial charge in [0.1, 0.15) is 9.71 Å². The highest BCUT2D eigenvalue weighted by molar-refractivity contribution is 7.21. The molecular formula is C24H19Cl2N3O5S. The molecule has 0 radical (unpaired) electrons. The summed E-state index contributed by atoms with van der Waals surface area (Å²) < 4.78 is 5.81. The van der Waals surface area contributed by atoms with Gasteiger partial charge in [-0.2, -0.15) is 0 Å². The highest BCUT2D eigenvalue weighted by atomic mass is 35.5. The van der Waals surface area contributed by atoms with Gasteiger partial charge in [0.15, 0.2) is 0 Å². The Morgan fingerprint density at radius 1 is 0.914 bits per heavy atom. The number of nitrogens with zero attached hydrogens (tertiary/aromatic N) is 1. The van der Waals surface area contributed by atoms with Crippen LogP contribution in [0.2, 0.25) is 0 Å². The van der Waals surface area contributed by atoms with Crippen molar-refractivity contribution in [3.05, 3.63) is 88.0 Å². The zero-order valence-corrected chi connectivity index (χ0v) is 20.6. The summed E-state index contributed by atoms with van der Waals surface area (Å²) in [6.45, 7) is 1.90. The first-order chi connectivity index (χ1) is 16.8. The second-order valence-corrected chi connectivity index (χ2v) is 8.64. The first-order valence-corrected chi connectivity index (χ1v) is 11.8. The first kappa shape index (κ1) is 26.0. The van der Waals surface area contributed by atoms with E-state index in [1.807, 2.05) is 24.3 Å². The number of aromatic nitrogens is 1. The van der Waals surface area contributed by atoms with Gasteiger partial charge in [0.25, 0.3) is 5.56 Å². The van der Waals surface area contributed by atoms with Crippen molar-refractivity contribution in [2.75, 3.05) is 17.2 Å². The Balaban J connectivity index is 0.000000795. The van der Waals surface area contributed by atoms with Crippen LogP contribution in [0.1, 0.15) is 16.6 Å². The average Bonchev–Trinajstić information content (AvgIpc) is 3.18. The number of carbonyl (C=O) groups excluding carboxylic acids is 3. The number of benzene rings is 2. The first-order valence-electron chi connectivity index (χ1n) is 10.2. The molecule has 0 aliphatic rings. The van der Waals surface area contributed by atoms with E-state index < -0.39 is 16.7 Å². The van der Waals surface area contributed by atoms with Gasteiger partial charge in [-0.05, 0) is 60.5 Å². The fourth-order valence-corrected chi connectivity index (χ4v) is 4.33. The van der Waals surface area contributed by atoms with E-state index in [9.17, 15) is 14.4 Å². The van der Waals surface area contributed by atoms with Gasteiger partial charge in [-0.3, -0.25) is 14.2 Å². The number of hydrogen-bond donors (Lipinski definition) is 2. The lowest BCUT2D eigenvalue weighted by Gasteiger charge is -2.10. The van der Waals surface area contributed by atoms with Crippen molar-refractivity contribution < 1.29 is 19.1 Å². The summed E-state index contributed by atoms with van der Waals surface area (Å²) in [6, 6.07) is 20.6. The van der Waals surface area contributed by atoms with Crippen LogP contribution in [0.5, 0.6) is 0 Å². The number of nitrogens with one attached hydrogen (secondary N) is 2. The number of hydrogen-bond acceptors (Lipinski definition) is 6. The summed E-state index contributed by atoms with van der Waals surface area (Å²) in [6.07, 6.45) is 0. The van der Waals surface area contributed by atoms with Gasteiger partial charge in [0, 0.05) is 17.1 Å². The minimum Gasteiger partial charge on any atom is -0.462 e. The van der Waals surface area contributed by atoms with E-state index in [0.29, 0.717) is 27.3 Å². The molecule has 180 valence electrons. The second kappa shape index (κ2) is 12.2. The van der Waals surface area contributed by atoms with E-state index in [1.54, 1.807) is 49.4 Å². The molecular weight excluding hydrogens is 513 g/mol. The van der Waals surface area contributed by atoms with Crippen molar-refractivity contribution >= 4 is 72.8 Å². The Bertz CT molecular complexity index is 1400. The molecule has 0 aliphatic carbocycles. The number of urea groups is 1. The number of fused-ring (bicyclic) bond motifs is 1. The standard InChI is InChI=1S/C23H19N3O4S.CCl2O/c1-2-30-22(28)20-19(25-23(29)24-15-9-5-3-6-10-15)17-13-14-18(27)26(21(17)31-20)16-11-7-4-8-12-16;2-1(3)4/h3-14H,2H2,1H3,(H2,24,25,29);. The third-order valence-corrected chi connectivity index (χ3v) is 5.66. The summed E-state index contributed by atoms with van der Waals surface area (Å²) in [4.78, 5) is 47.7. The molecule has 2 aromatic heterocycles. The SMILES string of the molecule is CCOC(=O)c1sc2c(ccc(=O)n2-c2ccccc2)c1NC(=O)Nc1ccccc1.O=C(Cl)Cl. The van der Waals surface area contributed by atoms with Crippen LogP contribution < -0.4 is 16.2 Å². The van der Waals surface area contributed by atoms with E-state index in [4.69, 9.17) is 9.53 Å². The Morgan fingerprint density at radius 2 is 1.51 bits per heavy atom. The third kappa shape index (κ3) is 6.69. The number of thiophene rings is 1. The maximum atomic E-state index is 12.7. The fourth-order valence-electron chi connectivity index (χ4n) is 3.17. The normalized spacial score (nSPS) is 10.1. The molecule has 0 spiro atoms. The zero-order chi connectivity index (χ0) is 25.4. The predicted octanol–water partition coefficient (Wildman–Crippen LogP) is 6.46. The summed E-state index contributed by atoms with van der Waals surface area (Å²) in [5.74, 6) is -0.564. The number of esters is 1. The van der Waals surface area contributed by atoms with E-state index in [1.165, 1.54) is 10.6 Å². The van der Waals surface area contributed by atoms with Crippen molar-refractivity contribution in [1.82, 2.24) is 4.57 Å². The number of anilines is 2. The number of amides is 2. The largest absolute Gasteiger partial charge is 0.462 e. The molecule has 2 aromatic carbocycles. The van der Waals surface area contributed by atoms with Crippen molar-refractivity contribution in [3.63, 3.8) is 0 Å². The lowest BCUT2D eigenvalue weighted by atomic mass is 10.2. The molecule has 8 nitrogen and oxygen atoms in total. The van der Waals surface area contributed by atoms with Crippen LogP contribution in [0.4, 0.5) is 21.0 Å². The van der Waals surface area contributed by atoms with Gasteiger partial charge in [-0.1, -0.05) is 36.4 Å². The number of ether oxygens (including phenoxy) is 1. The Hall–Kier alpha value is -3.66. The van der Waals surface area contributed by atoms with E-state index in [0.717, 1.165) is 11.3 Å². The van der Waals surface area contributed by atoms with Crippen LogP contribution in [0, 0.1) is 0 Å². The topological polar surface area (TPSA) is 106 Å². The van der Waals surface area contributed by atoms with E-state index in [2.05, 4.69) is 33.8 Å². The van der Waals surface area contributed by atoms with Crippen LogP contribution in [-0.2, 0) is 4.74 Å². The minimum atomic E-state index is -0.889. The number of para-hydroxylation sites is 2. The quantitative estimate of drug-likeness (QED) is 0.227. The molecule has 0 fully saturated rings. The van der Waals surface area contributed by atoms with E-state index >= 15 is 0 Å². The highest BCUT2D eigenvalue weighted by Crippen LogP contribution is 2.36. The maximum Gasteiger partial charge on any atom is 0.350 e. The molecule has 2 heterocycles. The number of carbonyl (C=O) groups is 3. The molecule has 0 saturated heterocycles. The summed E-state index contributed by atoms with van der Waals surface area (Å²) >= 11 is 9.90. The molecule has 35 heavy (non-hydrogen) atoms. The van der Waals surface area contributed by atoms with Crippen LogP contribution >= 0.6 is 34.5 Å². The average molecular weight is 532 g/mol. The molecule has 0 atom stereocenters. The van der Waals surface area contributed by atoms with Gasteiger partial charge < -0.3 is 15.4 Å². The molecule has 4 aromatic rings. The summed E-state index contributed by atoms with van der Waals surface area (Å²) in [5.41, 5.74) is 1.33. The van der Waals surface area contributed by atoms with Crippen molar-refractivity contribution in [1.29, 1.82) is 0 Å². The van der Waals surface area contributed by atoms with Crippen LogP contribution in [-0.4, -0.2) is 27.9 Å². The molecule has 2 amide bonds. The lowest BCUT2D eigenvalue weighted by Crippen LogP contribution is -2.21. The summed E-state index contributed by atoms with van der Waals surface area (Å²) in [7, 11) is 0. The van der Waals surface area contributed by atoms with Gasteiger partial charge in [0.2, 0.25) is 0 Å². The smallest absolute Gasteiger partial charge is 0.350 e. The predicted molar refractivity (Wildman–Crippen MR) is 140 cm³/mol. The van der Waals surface area contributed by atoms with Crippen molar-refractivity contribution in [3.8, 4) is 5.69 Å². The highest BCUT2D eigenvalue weighted by Gasteiger charge is 2.24. The Kier molecular flexibility index (Phi) is 9.02. The van der Waals surface area contributed by atoms with Crippen molar-refractivity contribution in [2.24, 2.45) is 0 Å². The van der Waals surface area contributed by atoms with Gasteiger partial charge >= 0.3 is 16.7 Å². The third-order valence-electron chi connectivity index (χ3n) is 4.49. The van der Waals surface area contributed by atoms with Gasteiger partial charge in [-0.25, -0.2) is 9.59 Å². The fraction of sp³-hybridized carbons (Fsp3) is 0.0833. The Morgan fingerprint density at radius 3 is 2.11 bits per heavy atom. The number of halogens is 2. The monoisotopic (exact) mass is 531 g/mol. The second-order valence-electron chi connectivity index (χ2n) is 6.76. The van der Waals surface area contributed by atoms with E-state index in [-0.39, 0.29) is 17.0 Å². The van der Waals surface area contributed by atoms with Crippen molar-refractivity contribution in [2.45, 2.75) is 6.92 Å². The molecule has 0 aliphatic heterocycles. The number of rotatable bonds is 5. The van der Waals surface area contributed by atoms with Gasteiger partial charge in [-0.15, -0.1) is 11.3 Å². The number of pyridine rings is 1. The Labute approximate surface area is 214 Å².